The molecule has 0 spiro atoms. The van der Waals surface area contributed by atoms with Gasteiger partial charge < -0.3 is 19.1 Å². The van der Waals surface area contributed by atoms with Crippen molar-refractivity contribution in [2.45, 2.75) is 44.9 Å². The number of carbonyl (C=O) groups excluding carboxylic acids is 2. The molecule has 154 valence electrons. The zero-order valence-corrected chi connectivity index (χ0v) is 17.2. The monoisotopic (exact) mass is 387 g/mol. The van der Waals surface area contributed by atoms with E-state index in [0.717, 1.165) is 56.5 Å². The number of furan rings is 1. The Morgan fingerprint density at radius 3 is 2.36 bits per heavy atom. The lowest BCUT2D eigenvalue weighted by Crippen LogP contribution is -2.51. The van der Waals surface area contributed by atoms with Gasteiger partial charge in [-0.15, -0.1) is 0 Å². The molecule has 3 heterocycles. The molecule has 2 amide bonds. The van der Waals surface area contributed by atoms with Crippen LogP contribution in [0.2, 0.25) is 0 Å². The molecule has 2 saturated heterocycles. The maximum absolute atomic E-state index is 12.7. The highest BCUT2D eigenvalue weighted by molar-refractivity contribution is 5.80. The van der Waals surface area contributed by atoms with Gasteiger partial charge in [-0.25, -0.2) is 0 Å². The molecule has 0 bridgehead atoms. The van der Waals surface area contributed by atoms with E-state index >= 15 is 0 Å². The number of nitrogens with zero attached hydrogens (tertiary/aromatic N) is 3. The zero-order chi connectivity index (χ0) is 19.7. The number of carbonyl (C=O) groups is 2. The van der Waals surface area contributed by atoms with E-state index in [-0.39, 0.29) is 17.7 Å². The van der Waals surface area contributed by atoms with Crippen LogP contribution < -0.4 is 0 Å². The van der Waals surface area contributed by atoms with Crippen molar-refractivity contribution in [3.63, 3.8) is 0 Å². The average Bonchev–Trinajstić information content (AvgIpc) is 3.26. The smallest absolute Gasteiger partial charge is 0.225 e. The Labute approximate surface area is 167 Å². The molecule has 0 aromatic carbocycles. The van der Waals surface area contributed by atoms with E-state index in [1.807, 2.05) is 15.9 Å². The number of likely N-dealkylation sites (tertiary alicyclic amines) is 1. The van der Waals surface area contributed by atoms with E-state index < -0.39 is 0 Å². The van der Waals surface area contributed by atoms with E-state index in [9.17, 15) is 9.59 Å². The van der Waals surface area contributed by atoms with Crippen molar-refractivity contribution >= 4 is 11.8 Å². The number of rotatable bonds is 5. The highest BCUT2D eigenvalue weighted by Crippen LogP contribution is 2.47. The SMILES string of the molecule is C[C@@H]1C[C@H]1c1ccc(CCC(=O)N2CCC(C(=O)N3CCN(C)CC3)CC2)o1. The van der Waals surface area contributed by atoms with Gasteiger partial charge in [-0.1, -0.05) is 6.92 Å². The summed E-state index contributed by atoms with van der Waals surface area (Å²) in [5.41, 5.74) is 0. The van der Waals surface area contributed by atoms with Crippen molar-refractivity contribution in [1.82, 2.24) is 14.7 Å². The van der Waals surface area contributed by atoms with Gasteiger partial charge in [0.1, 0.15) is 11.5 Å². The van der Waals surface area contributed by atoms with Crippen LogP contribution in [0.5, 0.6) is 0 Å². The molecule has 3 aliphatic rings. The normalized spacial score (nSPS) is 26.5. The minimum absolute atomic E-state index is 0.0839. The topological polar surface area (TPSA) is 57.0 Å². The minimum atomic E-state index is 0.0839. The molecular formula is C22H33N3O3. The van der Waals surface area contributed by atoms with Crippen molar-refractivity contribution < 1.29 is 14.0 Å². The van der Waals surface area contributed by atoms with Gasteiger partial charge in [0.25, 0.3) is 0 Å². The zero-order valence-electron chi connectivity index (χ0n) is 17.2. The summed E-state index contributed by atoms with van der Waals surface area (Å²) >= 11 is 0. The molecular weight excluding hydrogens is 354 g/mol. The molecule has 6 nitrogen and oxygen atoms in total. The number of amides is 2. The van der Waals surface area contributed by atoms with E-state index in [0.29, 0.717) is 31.8 Å². The number of piperazine rings is 1. The molecule has 2 atom stereocenters. The molecule has 6 heteroatoms. The molecule has 0 unspecified atom stereocenters. The summed E-state index contributed by atoms with van der Waals surface area (Å²) in [6.45, 7) is 7.22. The summed E-state index contributed by atoms with van der Waals surface area (Å²) in [5, 5.41) is 0. The quantitative estimate of drug-likeness (QED) is 0.778. The van der Waals surface area contributed by atoms with Gasteiger partial charge in [0.2, 0.25) is 11.8 Å². The lowest BCUT2D eigenvalue weighted by molar-refractivity contribution is -0.141. The van der Waals surface area contributed by atoms with Crippen LogP contribution in [-0.4, -0.2) is 72.8 Å². The lowest BCUT2D eigenvalue weighted by atomic mass is 9.94. The third-order valence-corrected chi connectivity index (χ3v) is 6.75. The predicted octanol–water partition coefficient (Wildman–Crippen LogP) is 2.35. The molecule has 1 saturated carbocycles. The number of hydrogen-bond acceptors (Lipinski definition) is 4. The predicted molar refractivity (Wildman–Crippen MR) is 107 cm³/mol. The molecule has 2 aliphatic heterocycles. The fourth-order valence-corrected chi connectivity index (χ4v) is 4.50. The Bertz CT molecular complexity index is 700. The van der Waals surface area contributed by atoms with E-state index in [1.54, 1.807) is 0 Å². The highest BCUT2D eigenvalue weighted by atomic mass is 16.3. The Morgan fingerprint density at radius 2 is 1.71 bits per heavy atom. The Morgan fingerprint density at radius 1 is 1.04 bits per heavy atom. The number of likely N-dealkylation sites (N-methyl/N-ethyl adjacent to an activating group) is 1. The second-order valence-electron chi connectivity index (χ2n) is 8.91. The van der Waals surface area contributed by atoms with Gasteiger partial charge in [0.05, 0.1) is 0 Å². The first-order chi connectivity index (χ1) is 13.5. The second-order valence-corrected chi connectivity index (χ2v) is 8.91. The fraction of sp³-hybridized carbons (Fsp3) is 0.727. The summed E-state index contributed by atoms with van der Waals surface area (Å²) in [5.74, 6) is 3.87. The molecule has 0 N–H and O–H groups in total. The Hall–Kier alpha value is -1.82. The van der Waals surface area contributed by atoms with Crippen LogP contribution in [-0.2, 0) is 16.0 Å². The number of aryl methyl sites for hydroxylation is 1. The van der Waals surface area contributed by atoms with E-state index in [1.165, 1.54) is 6.42 Å². The van der Waals surface area contributed by atoms with Crippen molar-refractivity contribution in [2.75, 3.05) is 46.3 Å². The van der Waals surface area contributed by atoms with Crippen LogP contribution >= 0.6 is 0 Å². The lowest BCUT2D eigenvalue weighted by Gasteiger charge is -2.37. The van der Waals surface area contributed by atoms with Crippen LogP contribution in [0.1, 0.15) is 50.0 Å². The maximum Gasteiger partial charge on any atom is 0.225 e. The van der Waals surface area contributed by atoms with E-state index in [4.69, 9.17) is 4.42 Å². The van der Waals surface area contributed by atoms with Gasteiger partial charge >= 0.3 is 0 Å². The van der Waals surface area contributed by atoms with Crippen molar-refractivity contribution in [3.8, 4) is 0 Å². The largest absolute Gasteiger partial charge is 0.466 e. The van der Waals surface area contributed by atoms with Crippen molar-refractivity contribution in [2.24, 2.45) is 11.8 Å². The number of hydrogen-bond donors (Lipinski definition) is 0. The first-order valence-electron chi connectivity index (χ1n) is 10.8. The summed E-state index contributed by atoms with van der Waals surface area (Å²) in [4.78, 5) is 31.5. The molecule has 1 aromatic heterocycles. The molecule has 28 heavy (non-hydrogen) atoms. The van der Waals surface area contributed by atoms with Crippen LogP contribution in [0.15, 0.2) is 16.5 Å². The highest BCUT2D eigenvalue weighted by Gasteiger charge is 2.36. The minimum Gasteiger partial charge on any atom is -0.466 e. The third-order valence-electron chi connectivity index (χ3n) is 6.75. The van der Waals surface area contributed by atoms with Crippen molar-refractivity contribution in [1.29, 1.82) is 0 Å². The molecule has 0 radical (unpaired) electrons. The molecule has 1 aliphatic carbocycles. The molecule has 1 aromatic rings. The molecule has 3 fully saturated rings. The number of piperidine rings is 1. The van der Waals surface area contributed by atoms with Crippen LogP contribution in [0.4, 0.5) is 0 Å². The summed E-state index contributed by atoms with van der Waals surface area (Å²) in [6, 6.07) is 4.10. The second kappa shape index (κ2) is 8.27. The average molecular weight is 388 g/mol. The van der Waals surface area contributed by atoms with Gasteiger partial charge in [0, 0.05) is 63.9 Å². The standard InChI is InChI=1S/C22H33N3O3/c1-16-15-19(16)20-5-3-18(28-20)4-6-21(26)24-9-7-17(8-10-24)22(27)25-13-11-23(2)12-14-25/h3,5,16-17,19H,4,6-15H2,1-2H3/t16-,19-/m1/s1. The first kappa shape index (κ1) is 19.5. The fourth-order valence-electron chi connectivity index (χ4n) is 4.50. The van der Waals surface area contributed by atoms with Crippen LogP contribution in [0, 0.1) is 11.8 Å². The third kappa shape index (κ3) is 4.43. The van der Waals surface area contributed by atoms with Gasteiger partial charge in [0.15, 0.2) is 0 Å². The maximum atomic E-state index is 12.7. The summed E-state index contributed by atoms with van der Waals surface area (Å²) in [6.07, 6.45) is 3.96. The van der Waals surface area contributed by atoms with Gasteiger partial charge in [-0.2, -0.15) is 0 Å². The van der Waals surface area contributed by atoms with Crippen LogP contribution in [0.25, 0.3) is 0 Å². The summed E-state index contributed by atoms with van der Waals surface area (Å²) in [7, 11) is 2.10. The van der Waals surface area contributed by atoms with Gasteiger partial charge in [-0.05, 0) is 44.4 Å². The summed E-state index contributed by atoms with van der Waals surface area (Å²) < 4.78 is 5.91. The van der Waals surface area contributed by atoms with Crippen molar-refractivity contribution in [3.05, 3.63) is 23.7 Å². The Kier molecular flexibility index (Phi) is 5.76. The van der Waals surface area contributed by atoms with E-state index in [2.05, 4.69) is 24.9 Å². The van der Waals surface area contributed by atoms with Crippen LogP contribution in [0.3, 0.4) is 0 Å². The Balaban J connectivity index is 1.19. The van der Waals surface area contributed by atoms with Gasteiger partial charge in [-0.3, -0.25) is 9.59 Å². The molecule has 4 rings (SSSR count). The first-order valence-corrected chi connectivity index (χ1v) is 10.8.